The van der Waals surface area contributed by atoms with E-state index in [4.69, 9.17) is 10.3 Å². The van der Waals surface area contributed by atoms with Gasteiger partial charge >= 0.3 is 6.01 Å². The number of hydrogen-bond donors (Lipinski definition) is 1. The average molecular weight is 210 g/mol. The van der Waals surface area contributed by atoms with Gasteiger partial charge in [-0.3, -0.25) is 0 Å². The molecule has 1 aliphatic heterocycles. The standard InChI is InChI=1S/C10H18N4O/c1-7(11)9-4-3-5-14(6-9)10-12-8(2)13-15-10/h7,9H,3-6,11H2,1-2H3. The van der Waals surface area contributed by atoms with Crippen molar-refractivity contribution in [3.63, 3.8) is 0 Å². The van der Waals surface area contributed by atoms with E-state index in [2.05, 4.69) is 22.0 Å². The van der Waals surface area contributed by atoms with Crippen molar-refractivity contribution in [1.29, 1.82) is 0 Å². The van der Waals surface area contributed by atoms with Crippen LogP contribution < -0.4 is 10.6 Å². The lowest BCUT2D eigenvalue weighted by Crippen LogP contribution is -2.42. The van der Waals surface area contributed by atoms with Crippen LogP contribution in [0.4, 0.5) is 6.01 Å². The Balaban J connectivity index is 2.04. The maximum Gasteiger partial charge on any atom is 0.324 e. The number of aryl methyl sites for hydroxylation is 1. The van der Waals surface area contributed by atoms with Gasteiger partial charge in [0.15, 0.2) is 5.82 Å². The SMILES string of the molecule is Cc1noc(N2CCCC(C(C)N)C2)n1. The van der Waals surface area contributed by atoms with Crippen LogP contribution in [0.1, 0.15) is 25.6 Å². The normalized spacial score (nSPS) is 24.2. The summed E-state index contributed by atoms with van der Waals surface area (Å²) in [6.45, 7) is 5.82. The summed E-state index contributed by atoms with van der Waals surface area (Å²) in [5, 5.41) is 3.80. The van der Waals surface area contributed by atoms with Crippen molar-refractivity contribution in [3.05, 3.63) is 5.82 Å². The lowest BCUT2D eigenvalue weighted by atomic mass is 9.92. The van der Waals surface area contributed by atoms with Crippen LogP contribution in [0.5, 0.6) is 0 Å². The van der Waals surface area contributed by atoms with Crippen LogP contribution >= 0.6 is 0 Å². The van der Waals surface area contributed by atoms with Crippen molar-refractivity contribution in [1.82, 2.24) is 10.1 Å². The summed E-state index contributed by atoms with van der Waals surface area (Å²) in [5.41, 5.74) is 5.92. The molecule has 0 bridgehead atoms. The summed E-state index contributed by atoms with van der Waals surface area (Å²) in [6.07, 6.45) is 2.34. The molecule has 0 amide bonds. The van der Waals surface area contributed by atoms with E-state index in [1.54, 1.807) is 0 Å². The maximum absolute atomic E-state index is 5.92. The minimum absolute atomic E-state index is 0.233. The smallest absolute Gasteiger partial charge is 0.324 e. The predicted molar refractivity (Wildman–Crippen MR) is 57.6 cm³/mol. The van der Waals surface area contributed by atoms with Gasteiger partial charge in [0.1, 0.15) is 0 Å². The Morgan fingerprint density at radius 2 is 2.40 bits per heavy atom. The van der Waals surface area contributed by atoms with Crippen LogP contribution in [0.2, 0.25) is 0 Å². The van der Waals surface area contributed by atoms with Crippen molar-refractivity contribution >= 4 is 6.01 Å². The largest absolute Gasteiger partial charge is 0.328 e. The van der Waals surface area contributed by atoms with Gasteiger partial charge in [-0.05, 0) is 32.6 Å². The molecule has 1 fully saturated rings. The van der Waals surface area contributed by atoms with Crippen LogP contribution in [-0.2, 0) is 0 Å². The van der Waals surface area contributed by atoms with Crippen LogP contribution in [0.25, 0.3) is 0 Å². The quantitative estimate of drug-likeness (QED) is 0.786. The molecular formula is C10H18N4O. The first-order valence-electron chi connectivity index (χ1n) is 5.47. The molecule has 2 atom stereocenters. The Kier molecular flexibility index (Phi) is 2.90. The van der Waals surface area contributed by atoms with Crippen molar-refractivity contribution in [3.8, 4) is 0 Å². The molecule has 1 saturated heterocycles. The molecule has 0 spiro atoms. The first-order chi connectivity index (χ1) is 7.16. The highest BCUT2D eigenvalue weighted by Gasteiger charge is 2.25. The van der Waals surface area contributed by atoms with Crippen LogP contribution in [-0.4, -0.2) is 29.3 Å². The fraction of sp³-hybridized carbons (Fsp3) is 0.800. The molecular weight excluding hydrogens is 192 g/mol. The number of anilines is 1. The monoisotopic (exact) mass is 210 g/mol. The number of hydrogen-bond acceptors (Lipinski definition) is 5. The number of nitrogens with zero attached hydrogens (tertiary/aromatic N) is 3. The van der Waals surface area contributed by atoms with E-state index in [0.717, 1.165) is 19.5 Å². The van der Waals surface area contributed by atoms with Gasteiger partial charge in [0.2, 0.25) is 0 Å². The van der Waals surface area contributed by atoms with Crippen molar-refractivity contribution in [2.24, 2.45) is 11.7 Å². The Labute approximate surface area is 89.6 Å². The summed E-state index contributed by atoms with van der Waals surface area (Å²) in [7, 11) is 0. The zero-order valence-electron chi connectivity index (χ0n) is 9.31. The van der Waals surface area contributed by atoms with E-state index in [1.165, 1.54) is 6.42 Å². The van der Waals surface area contributed by atoms with E-state index >= 15 is 0 Å². The first kappa shape index (κ1) is 10.4. The van der Waals surface area contributed by atoms with Gasteiger partial charge in [-0.15, -0.1) is 0 Å². The van der Waals surface area contributed by atoms with Gasteiger partial charge in [-0.1, -0.05) is 5.16 Å². The number of aromatic nitrogens is 2. The number of nitrogens with two attached hydrogens (primary N) is 1. The van der Waals surface area contributed by atoms with Crippen LogP contribution in [0.3, 0.4) is 0 Å². The molecule has 1 aromatic rings. The van der Waals surface area contributed by atoms with Crippen molar-refractivity contribution in [2.75, 3.05) is 18.0 Å². The lowest BCUT2D eigenvalue weighted by molar-refractivity contribution is 0.335. The van der Waals surface area contributed by atoms with E-state index in [0.29, 0.717) is 17.8 Å². The Hall–Kier alpha value is -1.10. The first-order valence-corrected chi connectivity index (χ1v) is 5.47. The minimum Gasteiger partial charge on any atom is -0.328 e. The summed E-state index contributed by atoms with van der Waals surface area (Å²) in [5.74, 6) is 1.22. The highest BCUT2D eigenvalue weighted by atomic mass is 16.5. The molecule has 2 heterocycles. The molecule has 2 unspecified atom stereocenters. The van der Waals surface area contributed by atoms with Crippen molar-refractivity contribution < 1.29 is 4.52 Å². The van der Waals surface area contributed by atoms with Gasteiger partial charge in [0, 0.05) is 19.1 Å². The maximum atomic E-state index is 5.92. The minimum atomic E-state index is 0.233. The highest BCUT2D eigenvalue weighted by Crippen LogP contribution is 2.22. The predicted octanol–water partition coefficient (Wildman–Crippen LogP) is 0.942. The molecule has 0 saturated carbocycles. The second-order valence-corrected chi connectivity index (χ2v) is 4.33. The van der Waals surface area contributed by atoms with Gasteiger partial charge in [0.25, 0.3) is 0 Å². The molecule has 0 radical (unpaired) electrons. The van der Waals surface area contributed by atoms with Gasteiger partial charge in [-0.25, -0.2) is 0 Å². The molecule has 5 heteroatoms. The van der Waals surface area contributed by atoms with Gasteiger partial charge in [-0.2, -0.15) is 4.98 Å². The third kappa shape index (κ3) is 2.28. The fourth-order valence-electron chi connectivity index (χ4n) is 2.03. The Morgan fingerprint density at radius 1 is 1.60 bits per heavy atom. The van der Waals surface area contributed by atoms with E-state index in [9.17, 15) is 0 Å². The highest BCUT2D eigenvalue weighted by molar-refractivity contribution is 5.25. The molecule has 1 aliphatic rings. The summed E-state index contributed by atoms with van der Waals surface area (Å²) >= 11 is 0. The van der Waals surface area contributed by atoms with Gasteiger partial charge < -0.3 is 15.2 Å². The van der Waals surface area contributed by atoms with E-state index < -0.39 is 0 Å². The molecule has 2 N–H and O–H groups in total. The summed E-state index contributed by atoms with van der Waals surface area (Å²) < 4.78 is 5.16. The second kappa shape index (κ2) is 4.18. The zero-order valence-corrected chi connectivity index (χ0v) is 9.31. The molecule has 0 aromatic carbocycles. The third-order valence-electron chi connectivity index (χ3n) is 2.99. The number of piperidine rings is 1. The molecule has 1 aromatic heterocycles. The van der Waals surface area contributed by atoms with Crippen LogP contribution in [0.15, 0.2) is 4.52 Å². The lowest BCUT2D eigenvalue weighted by Gasteiger charge is -2.33. The summed E-state index contributed by atoms with van der Waals surface area (Å²) in [6, 6.07) is 0.870. The Morgan fingerprint density at radius 3 is 3.00 bits per heavy atom. The molecule has 15 heavy (non-hydrogen) atoms. The number of rotatable bonds is 2. The van der Waals surface area contributed by atoms with Crippen molar-refractivity contribution in [2.45, 2.75) is 32.7 Å². The van der Waals surface area contributed by atoms with E-state index in [1.807, 2.05) is 6.92 Å². The third-order valence-corrected chi connectivity index (χ3v) is 2.99. The molecule has 0 aliphatic carbocycles. The molecule has 2 rings (SSSR count). The molecule has 5 nitrogen and oxygen atoms in total. The average Bonchev–Trinajstić information content (AvgIpc) is 2.65. The zero-order chi connectivity index (χ0) is 10.8. The molecule has 84 valence electrons. The van der Waals surface area contributed by atoms with Crippen LogP contribution in [0, 0.1) is 12.8 Å². The second-order valence-electron chi connectivity index (χ2n) is 4.33. The topological polar surface area (TPSA) is 68.2 Å². The summed E-state index contributed by atoms with van der Waals surface area (Å²) in [4.78, 5) is 6.37. The van der Waals surface area contributed by atoms with E-state index in [-0.39, 0.29) is 6.04 Å². The Bertz CT molecular complexity index is 323. The fourth-order valence-corrected chi connectivity index (χ4v) is 2.03. The van der Waals surface area contributed by atoms with Gasteiger partial charge in [0.05, 0.1) is 0 Å².